The predicted octanol–water partition coefficient (Wildman–Crippen LogP) is 4.69. The Morgan fingerprint density at radius 1 is 1.06 bits per heavy atom. The minimum absolute atomic E-state index is 0.0125. The van der Waals surface area contributed by atoms with Gasteiger partial charge in [0.2, 0.25) is 11.8 Å². The van der Waals surface area contributed by atoms with E-state index < -0.39 is 5.92 Å². The molecule has 1 aliphatic heterocycles. The van der Waals surface area contributed by atoms with Gasteiger partial charge in [0.15, 0.2) is 0 Å². The third-order valence-electron chi connectivity index (χ3n) is 9.85. The van der Waals surface area contributed by atoms with Gasteiger partial charge >= 0.3 is 0 Å². The van der Waals surface area contributed by atoms with Crippen LogP contribution in [0, 0.1) is 34.5 Å². The first-order valence-corrected chi connectivity index (χ1v) is 12.2. The molecule has 1 aromatic carbocycles. The Balaban J connectivity index is 1.40. The third kappa shape index (κ3) is 3.18. The summed E-state index contributed by atoms with van der Waals surface area (Å²) in [7, 11) is 1.93. The van der Waals surface area contributed by atoms with Crippen LogP contribution in [0.15, 0.2) is 24.3 Å². The molecule has 7 atom stereocenters. The minimum atomic E-state index is -0.612. The largest absolute Gasteiger partial charge is 0.399 e. The van der Waals surface area contributed by atoms with Crippen molar-refractivity contribution in [3.05, 3.63) is 24.3 Å². The van der Waals surface area contributed by atoms with Crippen molar-refractivity contribution in [3.8, 4) is 0 Å². The van der Waals surface area contributed by atoms with Crippen molar-refractivity contribution in [3.63, 3.8) is 0 Å². The minimum Gasteiger partial charge on any atom is -0.399 e. The van der Waals surface area contributed by atoms with Gasteiger partial charge in [0.05, 0.1) is 0 Å². The summed E-state index contributed by atoms with van der Waals surface area (Å²) in [5.74, 6) is 1.39. The molecule has 5 heteroatoms. The van der Waals surface area contributed by atoms with Crippen LogP contribution in [-0.2, 0) is 9.59 Å². The maximum atomic E-state index is 13.2. The Hall–Kier alpha value is -2.04. The molecule has 4 fully saturated rings. The van der Waals surface area contributed by atoms with Crippen molar-refractivity contribution in [2.45, 2.75) is 71.3 Å². The van der Waals surface area contributed by atoms with Crippen LogP contribution in [-0.4, -0.2) is 29.8 Å². The third-order valence-corrected chi connectivity index (χ3v) is 9.85. The summed E-state index contributed by atoms with van der Waals surface area (Å²) < 4.78 is 0. The van der Waals surface area contributed by atoms with Crippen molar-refractivity contribution < 1.29 is 9.59 Å². The fourth-order valence-corrected chi connectivity index (χ4v) is 8.28. The number of nitrogens with zero attached hydrogens (tertiary/aromatic N) is 1. The number of hydrogen-bond acceptors (Lipinski definition) is 3. The molecule has 0 spiro atoms. The van der Waals surface area contributed by atoms with Crippen molar-refractivity contribution in [1.29, 1.82) is 0 Å². The van der Waals surface area contributed by atoms with E-state index in [2.05, 4.69) is 19.2 Å². The van der Waals surface area contributed by atoms with E-state index in [1.165, 1.54) is 38.5 Å². The number of carbonyl (C=O) groups is 2. The molecule has 2 unspecified atom stereocenters. The van der Waals surface area contributed by atoms with E-state index in [-0.39, 0.29) is 23.3 Å². The number of benzene rings is 1. The highest BCUT2D eigenvalue weighted by molar-refractivity contribution is 6.07. The number of anilines is 2. The van der Waals surface area contributed by atoms with E-state index in [0.29, 0.717) is 29.1 Å². The van der Waals surface area contributed by atoms with Crippen LogP contribution >= 0.6 is 0 Å². The van der Waals surface area contributed by atoms with Crippen LogP contribution < -0.4 is 11.1 Å². The number of hydrogen-bond donors (Lipinski definition) is 2. The van der Waals surface area contributed by atoms with E-state index >= 15 is 0 Å². The molecular weight excluding hydrogens is 386 g/mol. The van der Waals surface area contributed by atoms with Gasteiger partial charge in [-0.05, 0) is 97.8 Å². The summed E-state index contributed by atoms with van der Waals surface area (Å²) in [6, 6.07) is 7.40. The zero-order chi connectivity index (χ0) is 22.0. The maximum Gasteiger partial charge on any atom is 0.236 e. The highest BCUT2D eigenvalue weighted by Crippen LogP contribution is 2.65. The monoisotopic (exact) mass is 423 g/mol. The maximum absolute atomic E-state index is 13.2. The van der Waals surface area contributed by atoms with Crippen molar-refractivity contribution in [2.24, 2.45) is 34.5 Å². The number of amides is 2. The van der Waals surface area contributed by atoms with Crippen LogP contribution in [0.4, 0.5) is 11.4 Å². The first-order chi connectivity index (χ1) is 14.7. The summed E-state index contributed by atoms with van der Waals surface area (Å²) in [5.41, 5.74) is 7.65. The van der Waals surface area contributed by atoms with Gasteiger partial charge in [-0.3, -0.25) is 9.59 Å². The lowest BCUT2D eigenvalue weighted by Crippen LogP contribution is -2.64. The normalized spacial score (nSPS) is 41.8. The zero-order valence-electron chi connectivity index (χ0n) is 19.2. The van der Waals surface area contributed by atoms with Crippen LogP contribution in [0.2, 0.25) is 0 Å². The summed E-state index contributed by atoms with van der Waals surface area (Å²) in [5, 5.41) is 2.98. The molecule has 1 heterocycles. The second kappa shape index (κ2) is 7.25. The lowest BCUT2D eigenvalue weighted by molar-refractivity contribution is -0.168. The molecule has 5 nitrogen and oxygen atoms in total. The molecule has 31 heavy (non-hydrogen) atoms. The van der Waals surface area contributed by atoms with Gasteiger partial charge in [0, 0.05) is 24.5 Å². The van der Waals surface area contributed by atoms with Crippen molar-refractivity contribution >= 4 is 23.2 Å². The Bertz CT molecular complexity index is 883. The van der Waals surface area contributed by atoms with Gasteiger partial charge in [-0.2, -0.15) is 0 Å². The lowest BCUT2D eigenvalue weighted by Gasteiger charge is -2.62. The summed E-state index contributed by atoms with van der Waals surface area (Å²) >= 11 is 0. The highest BCUT2D eigenvalue weighted by Gasteiger charge is 2.61. The molecule has 1 saturated heterocycles. The van der Waals surface area contributed by atoms with Gasteiger partial charge in [-0.15, -0.1) is 0 Å². The number of nitrogen functional groups attached to an aromatic ring is 1. The Morgan fingerprint density at radius 3 is 2.55 bits per heavy atom. The van der Waals surface area contributed by atoms with Crippen LogP contribution in [0.1, 0.15) is 65.2 Å². The smallest absolute Gasteiger partial charge is 0.236 e. The Kier molecular flexibility index (Phi) is 4.87. The predicted molar refractivity (Wildman–Crippen MR) is 123 cm³/mol. The Labute approximate surface area is 186 Å². The molecule has 2 amide bonds. The molecule has 168 valence electrons. The second-order valence-electron chi connectivity index (χ2n) is 11.4. The van der Waals surface area contributed by atoms with Crippen molar-refractivity contribution in [1.82, 2.24) is 4.90 Å². The molecule has 3 aliphatic carbocycles. The van der Waals surface area contributed by atoms with Gasteiger partial charge in [0.1, 0.15) is 5.92 Å². The molecule has 1 aromatic rings. The first-order valence-electron chi connectivity index (χ1n) is 12.2. The molecule has 4 aliphatic rings. The van der Waals surface area contributed by atoms with Crippen LogP contribution in [0.3, 0.4) is 0 Å². The Morgan fingerprint density at radius 2 is 1.81 bits per heavy atom. The molecule has 0 aromatic heterocycles. The molecule has 3 saturated carbocycles. The molecule has 0 bridgehead atoms. The van der Waals surface area contributed by atoms with Gasteiger partial charge in [-0.1, -0.05) is 20.3 Å². The molecule has 5 rings (SSSR count). The summed E-state index contributed by atoms with van der Waals surface area (Å²) in [6.07, 6.45) is 9.67. The van der Waals surface area contributed by atoms with E-state index in [1.807, 2.05) is 11.9 Å². The topological polar surface area (TPSA) is 75.4 Å². The average Bonchev–Trinajstić information content (AvgIpc) is 3.14. The quantitative estimate of drug-likeness (QED) is 0.535. The fourth-order valence-electron chi connectivity index (χ4n) is 8.28. The lowest BCUT2D eigenvalue weighted by atomic mass is 9.47. The van der Waals surface area contributed by atoms with E-state index in [9.17, 15) is 9.59 Å². The van der Waals surface area contributed by atoms with Gasteiger partial charge in [-0.25, -0.2) is 0 Å². The zero-order valence-corrected chi connectivity index (χ0v) is 19.2. The number of nitrogens with two attached hydrogens (primary N) is 1. The number of carbonyl (C=O) groups excluding carboxylic acids is 2. The number of fused-ring (bicyclic) bond motifs is 5. The molecule has 0 radical (unpaired) electrons. The molecule has 3 N–H and O–H groups in total. The number of piperidine rings is 1. The number of nitrogens with one attached hydrogen (secondary N) is 1. The van der Waals surface area contributed by atoms with Crippen LogP contribution in [0.5, 0.6) is 0 Å². The first kappa shape index (κ1) is 20.8. The molecular formula is C26H37N3O2. The van der Waals surface area contributed by atoms with Gasteiger partial charge < -0.3 is 16.0 Å². The highest BCUT2D eigenvalue weighted by atomic mass is 16.2. The van der Waals surface area contributed by atoms with Crippen molar-refractivity contribution in [2.75, 3.05) is 18.1 Å². The van der Waals surface area contributed by atoms with E-state index in [0.717, 1.165) is 18.3 Å². The van der Waals surface area contributed by atoms with Crippen LogP contribution in [0.25, 0.3) is 0 Å². The SMILES string of the molecule is CN1C(=O)C(C(=O)Nc2ccc(N)cc2)C[C@@]2(C)C1CC[C@@H]1[C@H]2CC[C@]2(C)CCC[C@@H]12. The number of likely N-dealkylation sites (tertiary alicyclic amines) is 1. The fraction of sp³-hybridized carbons (Fsp3) is 0.692. The van der Waals surface area contributed by atoms with E-state index in [1.54, 1.807) is 24.3 Å². The standard InChI is InChI=1S/C26H37N3O2/c1-25-13-4-5-20(25)18-10-11-22-26(2,21(18)12-14-25)15-19(24(31)29(22)3)23(30)28-17-8-6-16(27)7-9-17/h6-9,18-22H,4-5,10-15,27H2,1-3H3,(H,28,30)/t18-,19?,20-,21+,22?,25-,26+/m0/s1. The summed E-state index contributed by atoms with van der Waals surface area (Å²) in [4.78, 5) is 28.4. The second-order valence-corrected chi connectivity index (χ2v) is 11.4. The summed E-state index contributed by atoms with van der Waals surface area (Å²) in [6.45, 7) is 4.91. The van der Waals surface area contributed by atoms with E-state index in [4.69, 9.17) is 5.73 Å². The number of rotatable bonds is 2. The average molecular weight is 424 g/mol. The van der Waals surface area contributed by atoms with Gasteiger partial charge in [0.25, 0.3) is 0 Å².